The molecule has 0 heterocycles. The van der Waals surface area contributed by atoms with Crippen LogP contribution in [0, 0.1) is 5.82 Å². The first-order valence-electron chi connectivity index (χ1n) is 5.35. The maximum absolute atomic E-state index is 13.7. The van der Waals surface area contributed by atoms with Crippen LogP contribution in [-0.4, -0.2) is 5.78 Å². The number of hydrogen-bond acceptors (Lipinski definition) is 1. The molecule has 1 nitrogen and oxygen atoms in total. The average molecular weight is 239 g/mol. The lowest BCUT2D eigenvalue weighted by atomic mass is 10.0. The molecule has 0 fully saturated rings. The van der Waals surface area contributed by atoms with Gasteiger partial charge >= 0.3 is 0 Å². The topological polar surface area (TPSA) is 17.1 Å². The maximum Gasteiger partial charge on any atom is 0.155 e. The van der Waals surface area contributed by atoms with Gasteiger partial charge in [0.15, 0.2) is 5.78 Å². The minimum atomic E-state index is -0.353. The number of hydrogen-bond donors (Lipinski definition) is 0. The van der Waals surface area contributed by atoms with Crippen molar-refractivity contribution in [2.75, 3.05) is 0 Å². The van der Waals surface area contributed by atoms with E-state index in [9.17, 15) is 9.18 Å². The Bertz CT molecular complexity index is 451. The van der Waals surface area contributed by atoms with Gasteiger partial charge in [-0.2, -0.15) is 0 Å². The van der Waals surface area contributed by atoms with Crippen LogP contribution in [-0.2, 0) is 4.79 Å². The van der Waals surface area contributed by atoms with E-state index >= 15 is 0 Å². The fourth-order valence-electron chi connectivity index (χ4n) is 1.92. The van der Waals surface area contributed by atoms with Crippen molar-refractivity contribution in [2.45, 2.75) is 25.7 Å². The van der Waals surface area contributed by atoms with E-state index < -0.39 is 0 Å². The Labute approximate surface area is 98.9 Å². The molecule has 1 aliphatic carbocycles. The van der Waals surface area contributed by atoms with Crippen LogP contribution in [0.3, 0.4) is 0 Å². The Kier molecular flexibility index (Phi) is 3.39. The van der Waals surface area contributed by atoms with Crippen LogP contribution in [0.5, 0.6) is 0 Å². The van der Waals surface area contributed by atoms with Crippen molar-refractivity contribution in [1.29, 1.82) is 0 Å². The highest BCUT2D eigenvalue weighted by atomic mass is 35.5. The molecule has 0 bridgehead atoms. The molecule has 0 radical (unpaired) electrons. The normalized spacial score (nSPS) is 16.9. The number of rotatable bonds is 1. The number of carbonyl (C=O) groups is 1. The van der Waals surface area contributed by atoms with Gasteiger partial charge in [0.2, 0.25) is 0 Å². The van der Waals surface area contributed by atoms with E-state index in [0.29, 0.717) is 17.0 Å². The third kappa shape index (κ3) is 2.50. The summed E-state index contributed by atoms with van der Waals surface area (Å²) in [5.41, 5.74) is 1.29. The van der Waals surface area contributed by atoms with E-state index in [1.54, 1.807) is 18.2 Å². The Morgan fingerprint density at radius 1 is 1.19 bits per heavy atom. The van der Waals surface area contributed by atoms with Crippen LogP contribution in [0.1, 0.15) is 31.2 Å². The minimum Gasteiger partial charge on any atom is -0.295 e. The Hall–Kier alpha value is -1.15. The molecule has 16 heavy (non-hydrogen) atoms. The van der Waals surface area contributed by atoms with Gasteiger partial charge in [-0.3, -0.25) is 4.79 Å². The summed E-state index contributed by atoms with van der Waals surface area (Å²) in [6.07, 6.45) is 4.70. The first kappa shape index (κ1) is 11.3. The van der Waals surface area contributed by atoms with Crippen LogP contribution >= 0.6 is 11.6 Å². The fraction of sp³-hybridized carbons (Fsp3) is 0.308. The molecule has 0 amide bonds. The zero-order valence-corrected chi connectivity index (χ0v) is 9.56. The smallest absolute Gasteiger partial charge is 0.155 e. The van der Waals surface area contributed by atoms with Gasteiger partial charge in [-0.05, 0) is 43.0 Å². The highest BCUT2D eigenvalue weighted by Gasteiger charge is 2.13. The molecule has 0 spiro atoms. The molecular weight excluding hydrogens is 227 g/mol. The number of halogens is 2. The summed E-state index contributed by atoms with van der Waals surface area (Å²) in [7, 11) is 0. The van der Waals surface area contributed by atoms with Gasteiger partial charge in [-0.1, -0.05) is 17.7 Å². The molecule has 1 aliphatic rings. The average Bonchev–Trinajstić information content (AvgIpc) is 2.43. The molecule has 1 aromatic rings. The van der Waals surface area contributed by atoms with Gasteiger partial charge < -0.3 is 0 Å². The van der Waals surface area contributed by atoms with Crippen LogP contribution < -0.4 is 0 Å². The molecule has 0 N–H and O–H groups in total. The zero-order chi connectivity index (χ0) is 11.5. The second-order valence-corrected chi connectivity index (χ2v) is 4.40. The maximum atomic E-state index is 13.7. The van der Waals surface area contributed by atoms with E-state index in [-0.39, 0.29) is 11.6 Å². The molecule has 0 unspecified atom stereocenters. The summed E-state index contributed by atoms with van der Waals surface area (Å²) in [5, 5.41) is 0.377. The summed E-state index contributed by atoms with van der Waals surface area (Å²) in [6, 6.07) is 4.57. The first-order chi connectivity index (χ1) is 7.66. The Balaban J connectivity index is 2.38. The number of allylic oxidation sites excluding steroid dienone is 2. The molecule has 1 aromatic carbocycles. The summed E-state index contributed by atoms with van der Waals surface area (Å²) in [5.74, 6) is -0.268. The summed E-state index contributed by atoms with van der Waals surface area (Å²) in [4.78, 5) is 11.4. The molecule has 84 valence electrons. The van der Waals surface area contributed by atoms with Crippen LogP contribution in [0.15, 0.2) is 24.3 Å². The SMILES string of the molecule is O=C1C=C(c2ccc(Cl)cc2F)CCCC1. The molecule has 0 aliphatic heterocycles. The molecule has 3 heteroatoms. The largest absolute Gasteiger partial charge is 0.295 e. The van der Waals surface area contributed by atoms with Gasteiger partial charge in [0.25, 0.3) is 0 Å². The first-order valence-corrected chi connectivity index (χ1v) is 5.73. The van der Waals surface area contributed by atoms with Crippen molar-refractivity contribution >= 4 is 23.0 Å². The highest BCUT2D eigenvalue weighted by Crippen LogP contribution is 2.28. The third-order valence-electron chi connectivity index (χ3n) is 2.73. The summed E-state index contributed by atoms with van der Waals surface area (Å²) >= 11 is 5.69. The molecule has 0 aromatic heterocycles. The van der Waals surface area contributed by atoms with Crippen LogP contribution in [0.4, 0.5) is 4.39 Å². The number of carbonyl (C=O) groups excluding carboxylic acids is 1. The molecule has 2 rings (SSSR count). The van der Waals surface area contributed by atoms with E-state index in [0.717, 1.165) is 24.8 Å². The quantitative estimate of drug-likeness (QED) is 0.723. The van der Waals surface area contributed by atoms with Crippen molar-refractivity contribution in [2.24, 2.45) is 0 Å². The number of ketones is 1. The van der Waals surface area contributed by atoms with E-state index in [1.165, 1.54) is 6.07 Å². The lowest BCUT2D eigenvalue weighted by molar-refractivity contribution is -0.114. The van der Waals surface area contributed by atoms with Gasteiger partial charge in [0, 0.05) is 17.0 Å². The second-order valence-electron chi connectivity index (χ2n) is 3.97. The molecule has 0 atom stereocenters. The zero-order valence-electron chi connectivity index (χ0n) is 8.80. The monoisotopic (exact) mass is 238 g/mol. The van der Waals surface area contributed by atoms with Crippen molar-refractivity contribution in [3.05, 3.63) is 40.7 Å². The van der Waals surface area contributed by atoms with Gasteiger partial charge in [0.05, 0.1) is 0 Å². The minimum absolute atomic E-state index is 0.0850. The second kappa shape index (κ2) is 4.79. The van der Waals surface area contributed by atoms with Crippen molar-refractivity contribution in [3.8, 4) is 0 Å². The molecule has 0 saturated heterocycles. The van der Waals surface area contributed by atoms with Crippen molar-refractivity contribution < 1.29 is 9.18 Å². The van der Waals surface area contributed by atoms with Crippen molar-refractivity contribution in [1.82, 2.24) is 0 Å². The Morgan fingerprint density at radius 3 is 2.69 bits per heavy atom. The predicted molar refractivity (Wildman–Crippen MR) is 62.9 cm³/mol. The van der Waals surface area contributed by atoms with Gasteiger partial charge in [-0.25, -0.2) is 4.39 Å². The van der Waals surface area contributed by atoms with Crippen molar-refractivity contribution in [3.63, 3.8) is 0 Å². The lowest BCUT2D eigenvalue weighted by Crippen LogP contribution is -1.93. The molecular formula is C13H12ClFO. The van der Waals surface area contributed by atoms with Gasteiger partial charge in [0.1, 0.15) is 5.82 Å². The molecule has 0 saturated carbocycles. The van der Waals surface area contributed by atoms with Gasteiger partial charge in [-0.15, -0.1) is 0 Å². The summed E-state index contributed by atoms with van der Waals surface area (Å²) in [6.45, 7) is 0. The predicted octanol–water partition coefficient (Wildman–Crippen LogP) is 4.01. The Morgan fingerprint density at radius 2 is 1.94 bits per heavy atom. The lowest BCUT2D eigenvalue weighted by Gasteiger charge is -2.06. The van der Waals surface area contributed by atoms with Crippen LogP contribution in [0.25, 0.3) is 5.57 Å². The standard InChI is InChI=1S/C13H12ClFO/c14-10-5-6-12(13(15)8-10)9-3-1-2-4-11(16)7-9/h5-8H,1-4H2. The van der Waals surface area contributed by atoms with Crippen LogP contribution in [0.2, 0.25) is 5.02 Å². The highest BCUT2D eigenvalue weighted by molar-refractivity contribution is 6.30. The number of benzene rings is 1. The van der Waals surface area contributed by atoms with E-state index in [2.05, 4.69) is 0 Å². The summed E-state index contributed by atoms with van der Waals surface area (Å²) < 4.78 is 13.7. The fourth-order valence-corrected chi connectivity index (χ4v) is 2.07. The van der Waals surface area contributed by atoms with E-state index in [4.69, 9.17) is 11.6 Å². The third-order valence-corrected chi connectivity index (χ3v) is 2.97. The van der Waals surface area contributed by atoms with E-state index in [1.807, 2.05) is 0 Å².